The molecule has 130 valence electrons. The Hall–Kier alpha value is -2.13. The zero-order valence-corrected chi connectivity index (χ0v) is 13.9. The van der Waals surface area contributed by atoms with Gasteiger partial charge >= 0.3 is 5.97 Å². The molecule has 8 nitrogen and oxygen atoms in total. The van der Waals surface area contributed by atoms with E-state index in [4.69, 9.17) is 4.74 Å². The molecule has 2 N–H and O–H groups in total. The number of nitro groups is 1. The van der Waals surface area contributed by atoms with Gasteiger partial charge in [0.05, 0.1) is 15.2 Å². The second kappa shape index (κ2) is 7.63. The predicted molar refractivity (Wildman–Crippen MR) is 87.3 cm³/mol. The minimum atomic E-state index is -1.06. The van der Waals surface area contributed by atoms with Gasteiger partial charge in [0, 0.05) is 31.4 Å². The molecule has 1 aliphatic heterocycles. The fourth-order valence-electron chi connectivity index (χ4n) is 2.55. The van der Waals surface area contributed by atoms with Crippen molar-refractivity contribution in [2.24, 2.45) is 5.41 Å². The number of nitrogens with zero attached hydrogens (tertiary/aromatic N) is 1. The maximum Gasteiger partial charge on any atom is 0.311 e. The number of amides is 1. The molecule has 1 amide bonds. The van der Waals surface area contributed by atoms with Gasteiger partial charge in [-0.15, -0.1) is 11.8 Å². The average Bonchev–Trinajstić information content (AvgIpc) is 2.59. The Morgan fingerprint density at radius 2 is 2.08 bits per heavy atom. The van der Waals surface area contributed by atoms with E-state index < -0.39 is 22.2 Å². The summed E-state index contributed by atoms with van der Waals surface area (Å²) in [5.41, 5.74) is -1.07. The van der Waals surface area contributed by atoms with E-state index in [1.54, 1.807) is 6.26 Å². The van der Waals surface area contributed by atoms with Crippen LogP contribution in [0.2, 0.25) is 0 Å². The molecule has 1 fully saturated rings. The van der Waals surface area contributed by atoms with E-state index in [0.29, 0.717) is 31.0 Å². The van der Waals surface area contributed by atoms with Crippen molar-refractivity contribution in [2.75, 3.05) is 26.0 Å². The van der Waals surface area contributed by atoms with Gasteiger partial charge < -0.3 is 15.2 Å². The van der Waals surface area contributed by atoms with Crippen LogP contribution in [0.5, 0.6) is 0 Å². The SMILES string of the molecule is CSc1ccc(C(=O)NCC2(C(=O)O)CCOCC2)cc1[N+](=O)[O-]. The van der Waals surface area contributed by atoms with E-state index in [9.17, 15) is 24.8 Å². The number of hydrogen-bond donors (Lipinski definition) is 2. The van der Waals surface area contributed by atoms with Crippen LogP contribution in [0, 0.1) is 15.5 Å². The first-order valence-electron chi connectivity index (χ1n) is 7.31. The Labute approximate surface area is 142 Å². The van der Waals surface area contributed by atoms with Crippen LogP contribution in [0.4, 0.5) is 5.69 Å². The summed E-state index contributed by atoms with van der Waals surface area (Å²) in [6.45, 7) is 0.620. The number of hydrogen-bond acceptors (Lipinski definition) is 6. The number of carbonyl (C=O) groups is 2. The van der Waals surface area contributed by atoms with Crippen molar-refractivity contribution in [3.05, 3.63) is 33.9 Å². The van der Waals surface area contributed by atoms with Gasteiger partial charge in [0.25, 0.3) is 11.6 Å². The van der Waals surface area contributed by atoms with Crippen molar-refractivity contribution in [3.63, 3.8) is 0 Å². The lowest BCUT2D eigenvalue weighted by Crippen LogP contribution is -2.46. The normalized spacial score (nSPS) is 16.4. The smallest absolute Gasteiger partial charge is 0.311 e. The molecule has 2 rings (SSSR count). The van der Waals surface area contributed by atoms with Gasteiger partial charge in [0.15, 0.2) is 0 Å². The molecule has 0 aliphatic carbocycles. The number of nitrogens with one attached hydrogen (secondary N) is 1. The molecular formula is C15H18N2O6S. The number of nitro benzene ring substituents is 1. The molecule has 0 spiro atoms. The fraction of sp³-hybridized carbons (Fsp3) is 0.467. The number of rotatable bonds is 6. The van der Waals surface area contributed by atoms with E-state index in [0.717, 1.165) is 0 Å². The molecule has 1 aromatic rings. The molecule has 0 radical (unpaired) electrons. The topological polar surface area (TPSA) is 119 Å². The van der Waals surface area contributed by atoms with E-state index in [-0.39, 0.29) is 17.8 Å². The average molecular weight is 354 g/mol. The summed E-state index contributed by atoms with van der Waals surface area (Å²) < 4.78 is 5.18. The molecule has 0 unspecified atom stereocenters. The van der Waals surface area contributed by atoms with Crippen molar-refractivity contribution in [1.82, 2.24) is 5.32 Å². The van der Waals surface area contributed by atoms with E-state index in [1.807, 2.05) is 0 Å². The van der Waals surface area contributed by atoms with Gasteiger partial charge in [-0.1, -0.05) is 0 Å². The summed E-state index contributed by atoms with van der Waals surface area (Å²) in [6.07, 6.45) is 2.34. The highest BCUT2D eigenvalue weighted by atomic mass is 32.2. The van der Waals surface area contributed by atoms with Gasteiger partial charge in [0.1, 0.15) is 0 Å². The van der Waals surface area contributed by atoms with Crippen LogP contribution in [0.15, 0.2) is 23.1 Å². The van der Waals surface area contributed by atoms with Gasteiger partial charge in [-0.3, -0.25) is 19.7 Å². The number of carboxylic acids is 1. The van der Waals surface area contributed by atoms with Crippen LogP contribution in [-0.4, -0.2) is 47.9 Å². The van der Waals surface area contributed by atoms with Gasteiger partial charge in [-0.2, -0.15) is 0 Å². The summed E-state index contributed by atoms with van der Waals surface area (Å²) in [6, 6.07) is 4.21. The summed E-state index contributed by atoms with van der Waals surface area (Å²) >= 11 is 1.22. The molecule has 0 aromatic heterocycles. The first kappa shape index (κ1) is 18.2. The Morgan fingerprint density at radius 3 is 2.62 bits per heavy atom. The zero-order chi connectivity index (χ0) is 17.7. The number of aliphatic carboxylic acids is 1. The Balaban J connectivity index is 2.13. The highest BCUT2D eigenvalue weighted by Gasteiger charge is 2.40. The predicted octanol–water partition coefficient (Wildman–Crippen LogP) is 1.93. The molecule has 0 bridgehead atoms. The molecule has 1 saturated heterocycles. The Morgan fingerprint density at radius 1 is 1.42 bits per heavy atom. The third-order valence-electron chi connectivity index (χ3n) is 4.13. The summed E-state index contributed by atoms with van der Waals surface area (Å²) in [5.74, 6) is -1.51. The van der Waals surface area contributed by atoms with E-state index in [1.165, 1.54) is 30.0 Å². The third kappa shape index (κ3) is 3.85. The lowest BCUT2D eigenvalue weighted by Gasteiger charge is -2.33. The Kier molecular flexibility index (Phi) is 5.79. The van der Waals surface area contributed by atoms with Gasteiger partial charge in [-0.25, -0.2) is 0 Å². The maximum atomic E-state index is 12.3. The molecular weight excluding hydrogens is 336 g/mol. The van der Waals surface area contributed by atoms with Crippen molar-refractivity contribution in [3.8, 4) is 0 Å². The second-order valence-electron chi connectivity index (χ2n) is 5.52. The van der Waals surface area contributed by atoms with Gasteiger partial charge in [0.2, 0.25) is 0 Å². The number of benzene rings is 1. The number of carbonyl (C=O) groups excluding carboxylic acids is 1. The highest BCUT2D eigenvalue weighted by Crippen LogP contribution is 2.31. The fourth-order valence-corrected chi connectivity index (χ4v) is 3.10. The van der Waals surface area contributed by atoms with E-state index >= 15 is 0 Å². The third-order valence-corrected chi connectivity index (χ3v) is 4.91. The maximum absolute atomic E-state index is 12.3. The molecule has 0 atom stereocenters. The lowest BCUT2D eigenvalue weighted by molar-refractivity contribution is -0.387. The van der Waals surface area contributed by atoms with Crippen LogP contribution in [0.1, 0.15) is 23.2 Å². The van der Waals surface area contributed by atoms with Crippen molar-refractivity contribution in [1.29, 1.82) is 0 Å². The number of thioether (sulfide) groups is 1. The van der Waals surface area contributed by atoms with Crippen molar-refractivity contribution in [2.45, 2.75) is 17.7 Å². The largest absolute Gasteiger partial charge is 0.481 e. The van der Waals surface area contributed by atoms with Crippen molar-refractivity contribution >= 4 is 29.3 Å². The lowest BCUT2D eigenvalue weighted by atomic mass is 9.80. The van der Waals surface area contributed by atoms with Crippen LogP contribution >= 0.6 is 11.8 Å². The molecule has 1 aliphatic rings. The van der Waals surface area contributed by atoms with E-state index in [2.05, 4.69) is 5.32 Å². The molecule has 9 heteroatoms. The molecule has 0 saturated carbocycles. The number of carboxylic acid groups (broad SMARTS) is 1. The first-order valence-corrected chi connectivity index (χ1v) is 8.54. The molecule has 1 aromatic carbocycles. The van der Waals surface area contributed by atoms with Crippen LogP contribution in [-0.2, 0) is 9.53 Å². The summed E-state index contributed by atoms with van der Waals surface area (Å²) in [4.78, 5) is 34.8. The van der Waals surface area contributed by atoms with Crippen LogP contribution < -0.4 is 5.32 Å². The monoisotopic (exact) mass is 354 g/mol. The minimum absolute atomic E-state index is 0.0391. The minimum Gasteiger partial charge on any atom is -0.481 e. The van der Waals surface area contributed by atoms with Crippen LogP contribution in [0.25, 0.3) is 0 Å². The number of ether oxygens (including phenoxy) is 1. The highest BCUT2D eigenvalue weighted by molar-refractivity contribution is 7.98. The van der Waals surface area contributed by atoms with Crippen LogP contribution in [0.3, 0.4) is 0 Å². The first-order chi connectivity index (χ1) is 11.4. The quantitative estimate of drug-likeness (QED) is 0.455. The standard InChI is InChI=1S/C15H18N2O6S/c1-24-12-3-2-10(8-11(12)17(21)22)13(18)16-9-15(14(19)20)4-6-23-7-5-15/h2-3,8H,4-7,9H2,1H3,(H,16,18)(H,19,20). The molecule has 1 heterocycles. The summed E-state index contributed by atoms with van der Waals surface area (Å²) in [5, 5.41) is 23.1. The van der Waals surface area contributed by atoms with Crippen molar-refractivity contribution < 1.29 is 24.4 Å². The van der Waals surface area contributed by atoms with Gasteiger partial charge in [-0.05, 0) is 31.2 Å². The summed E-state index contributed by atoms with van der Waals surface area (Å²) in [7, 11) is 0. The molecule has 24 heavy (non-hydrogen) atoms. The second-order valence-corrected chi connectivity index (χ2v) is 6.37. The Bertz CT molecular complexity index is 657. The zero-order valence-electron chi connectivity index (χ0n) is 13.1.